The molecular formula is C15H24N2O3. The van der Waals surface area contributed by atoms with E-state index in [1.807, 2.05) is 0 Å². The van der Waals surface area contributed by atoms with Crippen LogP contribution < -0.4 is 5.32 Å². The molecule has 1 unspecified atom stereocenters. The third-order valence-electron chi connectivity index (χ3n) is 3.08. The Morgan fingerprint density at radius 2 is 1.95 bits per heavy atom. The Kier molecular flexibility index (Phi) is 7.04. The number of benzene rings is 1. The molecule has 112 valence electrons. The standard InChI is InChI=1S/C15H24N2O3/c1-3-4-9-17(10-11-18)15(20)16-14-7-5-13(6-8-14)12(2)19/h5-8,12,18-19H,3-4,9-11H2,1-2H3,(H,16,20). The Balaban J connectivity index is 2.62. The zero-order valence-electron chi connectivity index (χ0n) is 12.2. The van der Waals surface area contributed by atoms with Gasteiger partial charge in [-0.1, -0.05) is 25.5 Å². The second kappa shape index (κ2) is 8.55. The highest BCUT2D eigenvalue weighted by molar-refractivity contribution is 5.89. The molecule has 0 bridgehead atoms. The van der Waals surface area contributed by atoms with Gasteiger partial charge in [0, 0.05) is 18.8 Å². The van der Waals surface area contributed by atoms with Crippen molar-refractivity contribution in [2.45, 2.75) is 32.8 Å². The maximum atomic E-state index is 12.1. The molecule has 1 aromatic carbocycles. The number of hydrogen-bond acceptors (Lipinski definition) is 3. The molecule has 0 saturated carbocycles. The van der Waals surface area contributed by atoms with E-state index in [2.05, 4.69) is 12.2 Å². The highest BCUT2D eigenvalue weighted by atomic mass is 16.3. The molecule has 20 heavy (non-hydrogen) atoms. The summed E-state index contributed by atoms with van der Waals surface area (Å²) >= 11 is 0. The predicted molar refractivity (Wildman–Crippen MR) is 79.7 cm³/mol. The summed E-state index contributed by atoms with van der Waals surface area (Å²) in [5.41, 5.74) is 1.49. The van der Waals surface area contributed by atoms with Crippen LogP contribution in [-0.4, -0.2) is 40.8 Å². The van der Waals surface area contributed by atoms with Gasteiger partial charge >= 0.3 is 6.03 Å². The number of aliphatic hydroxyl groups is 2. The molecule has 0 aromatic heterocycles. The Labute approximate surface area is 120 Å². The molecule has 5 nitrogen and oxygen atoms in total. The number of nitrogens with one attached hydrogen (secondary N) is 1. The van der Waals surface area contributed by atoms with Crippen LogP contribution in [0.3, 0.4) is 0 Å². The monoisotopic (exact) mass is 280 g/mol. The molecule has 0 saturated heterocycles. The van der Waals surface area contributed by atoms with Crippen LogP contribution in [0.15, 0.2) is 24.3 Å². The van der Waals surface area contributed by atoms with Crippen LogP contribution in [0, 0.1) is 0 Å². The summed E-state index contributed by atoms with van der Waals surface area (Å²) in [6.45, 7) is 4.68. The number of unbranched alkanes of at least 4 members (excludes halogenated alkanes) is 1. The highest BCUT2D eigenvalue weighted by Crippen LogP contribution is 2.16. The van der Waals surface area contributed by atoms with Crippen molar-refractivity contribution in [3.05, 3.63) is 29.8 Å². The van der Waals surface area contributed by atoms with Crippen molar-refractivity contribution in [2.75, 3.05) is 25.0 Å². The van der Waals surface area contributed by atoms with E-state index in [1.54, 1.807) is 36.1 Å². The Morgan fingerprint density at radius 3 is 2.45 bits per heavy atom. The molecule has 0 radical (unpaired) electrons. The zero-order valence-corrected chi connectivity index (χ0v) is 12.2. The summed E-state index contributed by atoms with van der Waals surface area (Å²) in [4.78, 5) is 13.7. The molecule has 0 aliphatic rings. The van der Waals surface area contributed by atoms with E-state index in [0.29, 0.717) is 18.8 Å². The predicted octanol–water partition coefficient (Wildman–Crippen LogP) is 2.37. The van der Waals surface area contributed by atoms with E-state index in [4.69, 9.17) is 5.11 Å². The van der Waals surface area contributed by atoms with Crippen molar-refractivity contribution >= 4 is 11.7 Å². The van der Waals surface area contributed by atoms with Crippen molar-refractivity contribution in [2.24, 2.45) is 0 Å². The SMILES string of the molecule is CCCCN(CCO)C(=O)Nc1ccc(C(C)O)cc1. The highest BCUT2D eigenvalue weighted by Gasteiger charge is 2.12. The van der Waals surface area contributed by atoms with E-state index in [1.165, 1.54) is 0 Å². The van der Waals surface area contributed by atoms with Crippen molar-refractivity contribution < 1.29 is 15.0 Å². The minimum Gasteiger partial charge on any atom is -0.395 e. The molecule has 0 aliphatic carbocycles. The lowest BCUT2D eigenvalue weighted by atomic mass is 10.1. The lowest BCUT2D eigenvalue weighted by Gasteiger charge is -2.22. The van der Waals surface area contributed by atoms with Crippen molar-refractivity contribution in [3.8, 4) is 0 Å². The maximum absolute atomic E-state index is 12.1. The van der Waals surface area contributed by atoms with E-state index >= 15 is 0 Å². The second-order valence-corrected chi connectivity index (χ2v) is 4.79. The molecular weight excluding hydrogens is 256 g/mol. The molecule has 0 fully saturated rings. The molecule has 3 N–H and O–H groups in total. The molecule has 0 aliphatic heterocycles. The van der Waals surface area contributed by atoms with Crippen molar-refractivity contribution in [3.63, 3.8) is 0 Å². The topological polar surface area (TPSA) is 72.8 Å². The zero-order chi connectivity index (χ0) is 15.0. The summed E-state index contributed by atoms with van der Waals surface area (Å²) < 4.78 is 0. The van der Waals surface area contributed by atoms with E-state index in [9.17, 15) is 9.90 Å². The van der Waals surface area contributed by atoms with E-state index in [0.717, 1.165) is 18.4 Å². The quantitative estimate of drug-likeness (QED) is 0.718. The van der Waals surface area contributed by atoms with Gasteiger partial charge in [-0.05, 0) is 31.0 Å². The largest absolute Gasteiger partial charge is 0.395 e. The molecule has 1 aromatic rings. The molecule has 0 heterocycles. The fraction of sp³-hybridized carbons (Fsp3) is 0.533. The molecule has 2 amide bonds. The Morgan fingerprint density at radius 1 is 1.30 bits per heavy atom. The van der Waals surface area contributed by atoms with Gasteiger partial charge in [0.1, 0.15) is 0 Å². The first-order valence-electron chi connectivity index (χ1n) is 7.03. The first kappa shape index (κ1) is 16.5. The second-order valence-electron chi connectivity index (χ2n) is 4.79. The van der Waals surface area contributed by atoms with Gasteiger partial charge in [-0.15, -0.1) is 0 Å². The smallest absolute Gasteiger partial charge is 0.321 e. The maximum Gasteiger partial charge on any atom is 0.321 e. The normalized spacial score (nSPS) is 12.0. The van der Waals surface area contributed by atoms with Gasteiger partial charge in [-0.2, -0.15) is 0 Å². The van der Waals surface area contributed by atoms with E-state index < -0.39 is 6.10 Å². The van der Waals surface area contributed by atoms with Gasteiger partial charge in [0.15, 0.2) is 0 Å². The van der Waals surface area contributed by atoms with Crippen LogP contribution in [0.25, 0.3) is 0 Å². The average Bonchev–Trinajstić information content (AvgIpc) is 2.43. The van der Waals surface area contributed by atoms with Crippen molar-refractivity contribution in [1.82, 2.24) is 4.90 Å². The number of rotatable bonds is 7. The third kappa shape index (κ3) is 5.19. The number of amides is 2. The first-order chi connectivity index (χ1) is 9.58. The fourth-order valence-electron chi connectivity index (χ4n) is 1.83. The lowest BCUT2D eigenvalue weighted by molar-refractivity contribution is 0.187. The summed E-state index contributed by atoms with van der Waals surface area (Å²) in [7, 11) is 0. The first-order valence-corrected chi connectivity index (χ1v) is 7.03. The number of anilines is 1. The van der Waals surface area contributed by atoms with Crippen LogP contribution in [0.1, 0.15) is 38.4 Å². The Bertz CT molecular complexity index is 404. The van der Waals surface area contributed by atoms with Crippen LogP contribution in [-0.2, 0) is 0 Å². The van der Waals surface area contributed by atoms with Gasteiger partial charge in [0.2, 0.25) is 0 Å². The summed E-state index contributed by atoms with van der Waals surface area (Å²) in [6.07, 6.45) is 1.39. The van der Waals surface area contributed by atoms with Gasteiger partial charge in [0.25, 0.3) is 0 Å². The number of carbonyl (C=O) groups is 1. The summed E-state index contributed by atoms with van der Waals surface area (Å²) in [5, 5.41) is 21.2. The number of hydrogen-bond donors (Lipinski definition) is 3. The van der Waals surface area contributed by atoms with Gasteiger partial charge in [-0.3, -0.25) is 0 Å². The molecule has 0 spiro atoms. The third-order valence-corrected chi connectivity index (χ3v) is 3.08. The molecule has 1 rings (SSSR count). The van der Waals surface area contributed by atoms with Crippen LogP contribution in [0.5, 0.6) is 0 Å². The van der Waals surface area contributed by atoms with Gasteiger partial charge < -0.3 is 20.4 Å². The summed E-state index contributed by atoms with van der Waals surface area (Å²) in [5.74, 6) is 0. The van der Waals surface area contributed by atoms with Crippen molar-refractivity contribution in [1.29, 1.82) is 0 Å². The number of urea groups is 1. The van der Waals surface area contributed by atoms with Crippen LogP contribution >= 0.6 is 0 Å². The number of carbonyl (C=O) groups excluding carboxylic acids is 1. The molecule has 5 heteroatoms. The van der Waals surface area contributed by atoms with E-state index in [-0.39, 0.29) is 12.6 Å². The minimum atomic E-state index is -0.518. The average molecular weight is 280 g/mol. The Hall–Kier alpha value is -1.59. The lowest BCUT2D eigenvalue weighted by Crippen LogP contribution is -2.37. The molecule has 1 atom stereocenters. The minimum absolute atomic E-state index is 0.0436. The summed E-state index contributed by atoms with van der Waals surface area (Å²) in [6, 6.07) is 6.87. The fourth-order valence-corrected chi connectivity index (χ4v) is 1.83. The van der Waals surface area contributed by atoms with Crippen LogP contribution in [0.2, 0.25) is 0 Å². The van der Waals surface area contributed by atoms with Gasteiger partial charge in [-0.25, -0.2) is 4.79 Å². The van der Waals surface area contributed by atoms with Crippen LogP contribution in [0.4, 0.5) is 10.5 Å². The van der Waals surface area contributed by atoms with Gasteiger partial charge in [0.05, 0.1) is 12.7 Å². The number of nitrogens with zero attached hydrogens (tertiary/aromatic N) is 1. The number of aliphatic hydroxyl groups excluding tert-OH is 2.